The van der Waals surface area contributed by atoms with E-state index in [2.05, 4.69) is 10.6 Å². The molecule has 0 spiro atoms. The molecule has 3 aliphatic rings. The lowest BCUT2D eigenvalue weighted by molar-refractivity contribution is -0.149. The summed E-state index contributed by atoms with van der Waals surface area (Å²) in [6.07, 6.45) is 1.82. The second kappa shape index (κ2) is 13.3. The quantitative estimate of drug-likeness (QED) is 0.321. The van der Waals surface area contributed by atoms with E-state index in [0.29, 0.717) is 38.0 Å². The van der Waals surface area contributed by atoms with Crippen LogP contribution < -0.4 is 20.1 Å². The fourth-order valence-electron chi connectivity index (χ4n) is 6.87. The molecule has 2 amide bonds. The fourth-order valence-corrected chi connectivity index (χ4v) is 6.87. The minimum absolute atomic E-state index is 0.0386. The zero-order chi connectivity index (χ0) is 30.7. The molecule has 0 radical (unpaired) electrons. The topological polar surface area (TPSA) is 103 Å². The summed E-state index contributed by atoms with van der Waals surface area (Å²) in [6.45, 7) is 2.08. The number of carbonyl (C=O) groups is 3. The van der Waals surface area contributed by atoms with Crippen LogP contribution in [-0.2, 0) is 14.3 Å². The molecule has 2 aromatic rings. The van der Waals surface area contributed by atoms with Crippen molar-refractivity contribution in [2.75, 3.05) is 19.0 Å². The van der Waals surface area contributed by atoms with Gasteiger partial charge in [0.1, 0.15) is 5.75 Å². The highest BCUT2D eigenvalue weighted by atomic mass is 19.3. The number of fused-ring (bicyclic) bond motifs is 2. The monoisotopic (exact) mass is 602 g/mol. The van der Waals surface area contributed by atoms with Gasteiger partial charge in [-0.2, -0.15) is 0 Å². The molecule has 0 aliphatic heterocycles. The van der Waals surface area contributed by atoms with Gasteiger partial charge in [0.15, 0.2) is 11.6 Å². The van der Waals surface area contributed by atoms with Crippen molar-refractivity contribution in [3.05, 3.63) is 53.3 Å². The summed E-state index contributed by atoms with van der Waals surface area (Å²) in [5.41, 5.74) is 0.355. The van der Waals surface area contributed by atoms with Crippen LogP contribution in [0, 0.1) is 29.5 Å². The Morgan fingerprint density at radius 3 is 2.30 bits per heavy atom. The number of hydrogen-bond acceptors (Lipinski definition) is 6. The van der Waals surface area contributed by atoms with Crippen LogP contribution in [0.1, 0.15) is 74.2 Å². The SMILES string of the molecule is CCOC(=O)C1CCC(Oc2cc(C(=O)N[C@@H]3[C@H]4CC[C@H](C4)[C@@H]3C(=O)Nc3ccc(C(F)F)cc3)c(OC)cc2F)CC1. The number of carbonyl (C=O) groups excluding carboxylic acids is 3. The Hall–Kier alpha value is -3.76. The molecular formula is C32H37F3N2O6. The highest BCUT2D eigenvalue weighted by molar-refractivity contribution is 5.99. The molecule has 232 valence electrons. The molecule has 3 saturated carbocycles. The van der Waals surface area contributed by atoms with Crippen molar-refractivity contribution in [1.29, 1.82) is 0 Å². The maximum Gasteiger partial charge on any atom is 0.308 e. The zero-order valence-corrected chi connectivity index (χ0v) is 24.2. The molecule has 43 heavy (non-hydrogen) atoms. The number of benzene rings is 2. The van der Waals surface area contributed by atoms with Gasteiger partial charge in [0.05, 0.1) is 37.2 Å². The van der Waals surface area contributed by atoms with Crippen molar-refractivity contribution in [3.8, 4) is 11.5 Å². The van der Waals surface area contributed by atoms with E-state index < -0.39 is 30.1 Å². The predicted octanol–water partition coefficient (Wildman–Crippen LogP) is 6.06. The third-order valence-corrected chi connectivity index (χ3v) is 9.03. The molecule has 0 saturated heterocycles. The molecule has 8 nitrogen and oxygen atoms in total. The van der Waals surface area contributed by atoms with Crippen LogP contribution in [0.3, 0.4) is 0 Å². The largest absolute Gasteiger partial charge is 0.496 e. The number of hydrogen-bond donors (Lipinski definition) is 2. The van der Waals surface area contributed by atoms with Crippen LogP contribution in [0.2, 0.25) is 0 Å². The van der Waals surface area contributed by atoms with Crippen molar-refractivity contribution in [3.63, 3.8) is 0 Å². The lowest BCUT2D eigenvalue weighted by Gasteiger charge is -2.31. The van der Waals surface area contributed by atoms with Gasteiger partial charge in [-0.25, -0.2) is 13.2 Å². The van der Waals surface area contributed by atoms with E-state index in [0.717, 1.165) is 25.3 Å². The molecule has 5 rings (SSSR count). The normalized spacial score (nSPS) is 26.2. The molecule has 2 aromatic carbocycles. The minimum atomic E-state index is -2.60. The summed E-state index contributed by atoms with van der Waals surface area (Å²) in [5, 5.41) is 5.84. The van der Waals surface area contributed by atoms with Crippen molar-refractivity contribution >= 4 is 23.5 Å². The first-order chi connectivity index (χ1) is 20.7. The standard InChI is InChI=1S/C32H37F3N2O6/c1-3-42-32(40)18-8-12-22(13-9-18)43-26-15-23(25(41-2)16-24(26)33)30(38)37-28-20-5-4-19(14-20)27(28)31(39)36-21-10-6-17(7-11-21)29(34)35/h6-7,10-11,15-16,18-20,22,27-29H,3-5,8-9,12-14H2,1-2H3,(H,36,39)(H,37,38)/t18?,19-,20+,22?,27+,28-/m1/s1. The number of halogens is 3. The maximum atomic E-state index is 15.0. The number of rotatable bonds is 10. The molecule has 4 atom stereocenters. The summed E-state index contributed by atoms with van der Waals surface area (Å²) < 4.78 is 57.2. The zero-order valence-electron chi connectivity index (χ0n) is 24.2. The van der Waals surface area contributed by atoms with Gasteiger partial charge >= 0.3 is 5.97 Å². The smallest absolute Gasteiger partial charge is 0.308 e. The van der Waals surface area contributed by atoms with Gasteiger partial charge in [-0.1, -0.05) is 12.1 Å². The van der Waals surface area contributed by atoms with Crippen LogP contribution in [-0.4, -0.2) is 43.6 Å². The van der Waals surface area contributed by atoms with Crippen molar-refractivity contribution in [2.45, 2.75) is 70.4 Å². The van der Waals surface area contributed by atoms with Crippen molar-refractivity contribution < 1.29 is 41.8 Å². The molecular weight excluding hydrogens is 565 g/mol. The van der Waals surface area contributed by atoms with Crippen LogP contribution in [0.15, 0.2) is 36.4 Å². The van der Waals surface area contributed by atoms with E-state index in [4.69, 9.17) is 14.2 Å². The van der Waals surface area contributed by atoms with Gasteiger partial charge in [0, 0.05) is 23.4 Å². The van der Waals surface area contributed by atoms with Crippen molar-refractivity contribution in [1.82, 2.24) is 5.32 Å². The van der Waals surface area contributed by atoms with Gasteiger partial charge in [-0.15, -0.1) is 0 Å². The van der Waals surface area contributed by atoms with E-state index in [-0.39, 0.29) is 58.4 Å². The van der Waals surface area contributed by atoms with E-state index in [9.17, 15) is 23.2 Å². The van der Waals surface area contributed by atoms with Crippen LogP contribution in [0.4, 0.5) is 18.9 Å². The third-order valence-electron chi connectivity index (χ3n) is 9.03. The molecule has 0 aromatic heterocycles. The molecule has 0 unspecified atom stereocenters. The van der Waals surface area contributed by atoms with Gasteiger partial charge < -0.3 is 24.8 Å². The summed E-state index contributed by atoms with van der Waals surface area (Å²) in [4.78, 5) is 39.0. The van der Waals surface area contributed by atoms with Gasteiger partial charge in [-0.05, 0) is 81.9 Å². The minimum Gasteiger partial charge on any atom is -0.496 e. The summed E-state index contributed by atoms with van der Waals surface area (Å²) >= 11 is 0. The third kappa shape index (κ3) is 6.75. The Labute approximate surface area is 248 Å². The van der Waals surface area contributed by atoms with Gasteiger partial charge in [-0.3, -0.25) is 14.4 Å². The molecule has 2 N–H and O–H groups in total. The van der Waals surface area contributed by atoms with Crippen LogP contribution in [0.25, 0.3) is 0 Å². The number of ether oxygens (including phenoxy) is 3. The number of methoxy groups -OCH3 is 1. The van der Waals surface area contributed by atoms with Gasteiger partial charge in [0.25, 0.3) is 12.3 Å². The lowest BCUT2D eigenvalue weighted by Crippen LogP contribution is -2.48. The van der Waals surface area contributed by atoms with E-state index in [1.54, 1.807) is 6.92 Å². The first-order valence-corrected chi connectivity index (χ1v) is 14.9. The van der Waals surface area contributed by atoms with E-state index >= 15 is 4.39 Å². The Balaban J connectivity index is 1.27. The Kier molecular flexibility index (Phi) is 9.46. The first kappa shape index (κ1) is 30.7. The van der Waals surface area contributed by atoms with E-state index in [1.807, 2.05) is 0 Å². The fraction of sp³-hybridized carbons (Fsp3) is 0.531. The highest BCUT2D eigenvalue weighted by Gasteiger charge is 2.51. The molecule has 3 fully saturated rings. The maximum absolute atomic E-state index is 15.0. The number of nitrogens with one attached hydrogen (secondary N) is 2. The lowest BCUT2D eigenvalue weighted by atomic mass is 9.83. The average Bonchev–Trinajstić information content (AvgIpc) is 3.61. The van der Waals surface area contributed by atoms with Gasteiger partial charge in [0.2, 0.25) is 5.91 Å². The van der Waals surface area contributed by atoms with E-state index in [1.165, 1.54) is 37.4 Å². The second-order valence-electron chi connectivity index (χ2n) is 11.6. The second-order valence-corrected chi connectivity index (χ2v) is 11.6. The number of anilines is 1. The Morgan fingerprint density at radius 1 is 0.953 bits per heavy atom. The summed E-state index contributed by atoms with van der Waals surface area (Å²) in [7, 11) is 1.34. The Bertz CT molecular complexity index is 1330. The Morgan fingerprint density at radius 2 is 1.65 bits per heavy atom. The molecule has 2 bridgehead atoms. The first-order valence-electron chi connectivity index (χ1n) is 14.9. The molecule has 0 heterocycles. The van der Waals surface area contributed by atoms with Crippen molar-refractivity contribution in [2.24, 2.45) is 23.7 Å². The number of esters is 1. The summed E-state index contributed by atoms with van der Waals surface area (Å²) in [6, 6.07) is 7.41. The molecule has 3 aliphatic carbocycles. The number of alkyl halides is 2. The average molecular weight is 603 g/mol. The predicted molar refractivity (Wildman–Crippen MR) is 152 cm³/mol. The van der Waals surface area contributed by atoms with Crippen LogP contribution in [0.5, 0.6) is 11.5 Å². The van der Waals surface area contributed by atoms with Crippen LogP contribution >= 0.6 is 0 Å². The molecule has 11 heteroatoms. The highest BCUT2D eigenvalue weighted by Crippen LogP contribution is 2.49. The number of amides is 2. The summed E-state index contributed by atoms with van der Waals surface area (Å²) in [5.74, 6) is -2.27.